The predicted molar refractivity (Wildman–Crippen MR) is 57.6 cm³/mol. The van der Waals surface area contributed by atoms with Crippen molar-refractivity contribution >= 4 is 11.3 Å². The summed E-state index contributed by atoms with van der Waals surface area (Å²) in [5.41, 5.74) is -0.0369. The molecule has 1 aliphatic heterocycles. The summed E-state index contributed by atoms with van der Waals surface area (Å²) in [4.78, 5) is 1.34. The van der Waals surface area contributed by atoms with Gasteiger partial charge in [-0.05, 0) is 31.2 Å². The van der Waals surface area contributed by atoms with Crippen molar-refractivity contribution in [3.05, 3.63) is 22.4 Å². The quantitative estimate of drug-likeness (QED) is 0.831. The first-order chi connectivity index (χ1) is 6.77. The number of aliphatic hydroxyl groups excluding tert-OH is 1. The first kappa shape index (κ1) is 10.1. The van der Waals surface area contributed by atoms with Gasteiger partial charge in [-0.25, -0.2) is 0 Å². The van der Waals surface area contributed by atoms with E-state index < -0.39 is 0 Å². The van der Waals surface area contributed by atoms with Gasteiger partial charge in [0, 0.05) is 16.9 Å². The molecule has 0 amide bonds. The zero-order valence-corrected chi connectivity index (χ0v) is 9.22. The van der Waals surface area contributed by atoms with Crippen LogP contribution in [0.4, 0.5) is 0 Å². The van der Waals surface area contributed by atoms with Crippen molar-refractivity contribution in [3.63, 3.8) is 0 Å². The fourth-order valence-electron chi connectivity index (χ4n) is 2.07. The Morgan fingerprint density at radius 2 is 2.57 bits per heavy atom. The van der Waals surface area contributed by atoms with Gasteiger partial charge in [0.25, 0.3) is 0 Å². The second kappa shape index (κ2) is 4.01. The van der Waals surface area contributed by atoms with E-state index in [0.717, 1.165) is 19.4 Å². The average molecular weight is 212 g/mol. The third-order valence-electron chi connectivity index (χ3n) is 3.25. The molecule has 0 saturated carbocycles. The molecule has 2 rings (SSSR count). The standard InChI is InChI=1S/C11H16O2S/c1-9-11(8-12,4-5-13-9)7-10-3-2-6-14-10/h2-3,6,9,12H,4-5,7-8H2,1H3. The lowest BCUT2D eigenvalue weighted by Crippen LogP contribution is -2.34. The second-order valence-electron chi connectivity index (χ2n) is 4.04. The SMILES string of the molecule is CC1OCCC1(CO)Cc1cccs1. The van der Waals surface area contributed by atoms with E-state index in [1.807, 2.05) is 0 Å². The van der Waals surface area contributed by atoms with Gasteiger partial charge in [-0.1, -0.05) is 6.07 Å². The Morgan fingerprint density at radius 3 is 3.07 bits per heavy atom. The number of aliphatic hydroxyl groups is 1. The molecule has 1 aromatic heterocycles. The van der Waals surface area contributed by atoms with Gasteiger partial charge in [-0.3, -0.25) is 0 Å². The Kier molecular flexibility index (Phi) is 2.91. The monoisotopic (exact) mass is 212 g/mol. The minimum Gasteiger partial charge on any atom is -0.396 e. The van der Waals surface area contributed by atoms with Crippen molar-refractivity contribution in [2.75, 3.05) is 13.2 Å². The molecule has 3 heteroatoms. The van der Waals surface area contributed by atoms with Gasteiger partial charge >= 0.3 is 0 Å². The summed E-state index contributed by atoms with van der Waals surface area (Å²) in [6.45, 7) is 3.08. The minimum atomic E-state index is -0.0369. The summed E-state index contributed by atoms with van der Waals surface area (Å²) < 4.78 is 5.55. The first-order valence-corrected chi connectivity index (χ1v) is 5.90. The first-order valence-electron chi connectivity index (χ1n) is 5.02. The molecule has 2 heterocycles. The molecule has 14 heavy (non-hydrogen) atoms. The Labute approximate surface area is 88.5 Å². The molecule has 78 valence electrons. The van der Waals surface area contributed by atoms with Gasteiger partial charge in [0.05, 0.1) is 12.7 Å². The largest absolute Gasteiger partial charge is 0.396 e. The Hall–Kier alpha value is -0.380. The third kappa shape index (κ3) is 1.72. The number of rotatable bonds is 3. The van der Waals surface area contributed by atoms with Gasteiger partial charge in [0.2, 0.25) is 0 Å². The van der Waals surface area contributed by atoms with Gasteiger partial charge in [-0.2, -0.15) is 0 Å². The summed E-state index contributed by atoms with van der Waals surface area (Å²) in [5, 5.41) is 11.6. The van der Waals surface area contributed by atoms with Gasteiger partial charge in [0.15, 0.2) is 0 Å². The maximum absolute atomic E-state index is 9.51. The third-order valence-corrected chi connectivity index (χ3v) is 4.13. The molecule has 1 saturated heterocycles. The van der Waals surface area contributed by atoms with Crippen LogP contribution < -0.4 is 0 Å². The highest BCUT2D eigenvalue weighted by atomic mass is 32.1. The van der Waals surface area contributed by atoms with E-state index in [1.165, 1.54) is 4.88 Å². The second-order valence-corrected chi connectivity index (χ2v) is 5.07. The van der Waals surface area contributed by atoms with Crippen LogP contribution in [0.1, 0.15) is 18.2 Å². The summed E-state index contributed by atoms with van der Waals surface area (Å²) in [5.74, 6) is 0. The highest BCUT2D eigenvalue weighted by Crippen LogP contribution is 2.38. The van der Waals surface area contributed by atoms with Crippen molar-refractivity contribution in [3.8, 4) is 0 Å². The Bertz CT molecular complexity index is 283. The molecule has 1 N–H and O–H groups in total. The minimum absolute atomic E-state index is 0.0369. The summed E-state index contributed by atoms with van der Waals surface area (Å²) >= 11 is 1.76. The van der Waals surface area contributed by atoms with E-state index in [0.29, 0.717) is 0 Å². The Balaban J connectivity index is 2.13. The van der Waals surface area contributed by atoms with Crippen LogP contribution in [0.2, 0.25) is 0 Å². The van der Waals surface area contributed by atoms with Crippen LogP contribution >= 0.6 is 11.3 Å². The zero-order valence-electron chi connectivity index (χ0n) is 8.40. The van der Waals surface area contributed by atoms with Crippen molar-refractivity contribution < 1.29 is 9.84 Å². The smallest absolute Gasteiger partial charge is 0.0629 e. The molecule has 1 aromatic rings. The normalized spacial score (nSPS) is 32.3. The lowest BCUT2D eigenvalue weighted by atomic mass is 9.79. The van der Waals surface area contributed by atoms with Crippen LogP contribution in [0.5, 0.6) is 0 Å². The van der Waals surface area contributed by atoms with Crippen molar-refractivity contribution in [1.29, 1.82) is 0 Å². The molecule has 0 bridgehead atoms. The van der Waals surface area contributed by atoms with Crippen LogP contribution in [0.25, 0.3) is 0 Å². The summed E-state index contributed by atoms with van der Waals surface area (Å²) in [7, 11) is 0. The van der Waals surface area contributed by atoms with E-state index in [4.69, 9.17) is 4.74 Å². The van der Waals surface area contributed by atoms with Crippen molar-refractivity contribution in [2.24, 2.45) is 5.41 Å². The highest BCUT2D eigenvalue weighted by Gasteiger charge is 2.41. The summed E-state index contributed by atoms with van der Waals surface area (Å²) in [6, 6.07) is 4.19. The molecule has 0 aromatic carbocycles. The maximum atomic E-state index is 9.51. The zero-order chi connectivity index (χ0) is 10.0. The molecule has 1 aliphatic rings. The van der Waals surface area contributed by atoms with E-state index in [-0.39, 0.29) is 18.1 Å². The van der Waals surface area contributed by atoms with E-state index in [1.54, 1.807) is 11.3 Å². The maximum Gasteiger partial charge on any atom is 0.0629 e. The van der Waals surface area contributed by atoms with Crippen LogP contribution in [-0.4, -0.2) is 24.4 Å². The molecule has 0 radical (unpaired) electrons. The van der Waals surface area contributed by atoms with Crippen LogP contribution in [0.15, 0.2) is 17.5 Å². The molecular weight excluding hydrogens is 196 g/mol. The number of hydrogen-bond acceptors (Lipinski definition) is 3. The van der Waals surface area contributed by atoms with Crippen LogP contribution in [0.3, 0.4) is 0 Å². The van der Waals surface area contributed by atoms with Gasteiger partial charge in [-0.15, -0.1) is 11.3 Å². The fraction of sp³-hybridized carbons (Fsp3) is 0.636. The average Bonchev–Trinajstić information content (AvgIpc) is 2.79. The van der Waals surface area contributed by atoms with E-state index >= 15 is 0 Å². The number of ether oxygens (including phenoxy) is 1. The van der Waals surface area contributed by atoms with Crippen molar-refractivity contribution in [1.82, 2.24) is 0 Å². The number of thiophene rings is 1. The van der Waals surface area contributed by atoms with Crippen molar-refractivity contribution in [2.45, 2.75) is 25.9 Å². The van der Waals surface area contributed by atoms with E-state index in [9.17, 15) is 5.11 Å². The molecule has 2 unspecified atom stereocenters. The number of hydrogen-bond donors (Lipinski definition) is 1. The predicted octanol–water partition coefficient (Wildman–Crippen LogP) is 2.08. The molecule has 2 atom stereocenters. The highest BCUT2D eigenvalue weighted by molar-refractivity contribution is 7.09. The van der Waals surface area contributed by atoms with Crippen LogP contribution in [0, 0.1) is 5.41 Å². The van der Waals surface area contributed by atoms with Crippen LogP contribution in [-0.2, 0) is 11.2 Å². The van der Waals surface area contributed by atoms with Gasteiger partial charge < -0.3 is 9.84 Å². The topological polar surface area (TPSA) is 29.5 Å². The summed E-state index contributed by atoms with van der Waals surface area (Å²) in [6.07, 6.45) is 2.10. The molecule has 0 aliphatic carbocycles. The van der Waals surface area contributed by atoms with Gasteiger partial charge in [0.1, 0.15) is 0 Å². The fourth-order valence-corrected chi connectivity index (χ4v) is 2.93. The molecule has 1 fully saturated rings. The molecular formula is C11H16O2S. The van der Waals surface area contributed by atoms with E-state index in [2.05, 4.69) is 24.4 Å². The molecule has 0 spiro atoms. The lowest BCUT2D eigenvalue weighted by Gasteiger charge is -2.29. The Morgan fingerprint density at radius 1 is 1.71 bits per heavy atom. The lowest BCUT2D eigenvalue weighted by molar-refractivity contribution is 0.0276. The molecule has 2 nitrogen and oxygen atoms in total.